The topological polar surface area (TPSA) is 12.0 Å². The van der Waals surface area contributed by atoms with Crippen LogP contribution in [0.5, 0.6) is 0 Å². The Bertz CT molecular complexity index is 503. The fourth-order valence-corrected chi connectivity index (χ4v) is 4.82. The summed E-state index contributed by atoms with van der Waals surface area (Å²) in [5.41, 5.74) is 1.61. The van der Waals surface area contributed by atoms with Gasteiger partial charge in [-0.2, -0.15) is 0 Å². The first-order valence-electron chi connectivity index (χ1n) is 7.15. The molecule has 0 spiro atoms. The molecular formula is C16H21NS2. The second-order valence-electron chi connectivity index (χ2n) is 5.43. The molecule has 0 radical (unpaired) electrons. The van der Waals surface area contributed by atoms with E-state index in [-0.39, 0.29) is 0 Å². The van der Waals surface area contributed by atoms with Gasteiger partial charge in [-0.3, -0.25) is 0 Å². The summed E-state index contributed by atoms with van der Waals surface area (Å²) in [6.45, 7) is 4.55. The van der Waals surface area contributed by atoms with Gasteiger partial charge in [-0.1, -0.05) is 6.07 Å². The average molecular weight is 291 g/mol. The molecule has 2 heterocycles. The van der Waals surface area contributed by atoms with Gasteiger partial charge in [0, 0.05) is 26.7 Å². The highest BCUT2D eigenvalue weighted by Crippen LogP contribution is 2.33. The van der Waals surface area contributed by atoms with E-state index >= 15 is 0 Å². The zero-order valence-corrected chi connectivity index (χ0v) is 13.2. The Morgan fingerprint density at radius 3 is 2.63 bits per heavy atom. The van der Waals surface area contributed by atoms with Crippen LogP contribution in [0.25, 0.3) is 0 Å². The van der Waals surface area contributed by atoms with Crippen molar-refractivity contribution < 1.29 is 0 Å². The molecule has 0 saturated carbocycles. The molecule has 0 bridgehead atoms. The lowest BCUT2D eigenvalue weighted by atomic mass is 9.99. The van der Waals surface area contributed by atoms with Gasteiger partial charge >= 0.3 is 0 Å². The van der Waals surface area contributed by atoms with E-state index in [1.165, 1.54) is 35.4 Å². The minimum absolute atomic E-state index is 0.439. The molecule has 2 aromatic heterocycles. The van der Waals surface area contributed by atoms with Crippen molar-refractivity contribution >= 4 is 22.7 Å². The van der Waals surface area contributed by atoms with Crippen LogP contribution < -0.4 is 5.32 Å². The first-order chi connectivity index (χ1) is 9.24. The summed E-state index contributed by atoms with van der Waals surface area (Å²) in [4.78, 5) is 4.57. The standard InChI is InChI=1S/C16H21NS2/c1-11(14-8-5-9-18-14)17-12(2)16-10-13-6-3-4-7-15(13)19-16/h5,8-12,17H,3-4,6-7H2,1-2H3/t11-,12?/m0/s1. The molecule has 2 aromatic rings. The van der Waals surface area contributed by atoms with Crippen molar-refractivity contribution in [2.24, 2.45) is 0 Å². The maximum atomic E-state index is 3.73. The van der Waals surface area contributed by atoms with Crippen molar-refractivity contribution in [1.29, 1.82) is 0 Å². The van der Waals surface area contributed by atoms with E-state index in [2.05, 4.69) is 42.7 Å². The van der Waals surface area contributed by atoms with E-state index in [4.69, 9.17) is 0 Å². The van der Waals surface area contributed by atoms with Gasteiger partial charge in [-0.25, -0.2) is 0 Å². The molecule has 1 nitrogen and oxygen atoms in total. The largest absolute Gasteiger partial charge is 0.302 e. The summed E-state index contributed by atoms with van der Waals surface area (Å²) in [5, 5.41) is 5.88. The van der Waals surface area contributed by atoms with Gasteiger partial charge in [0.05, 0.1) is 0 Å². The van der Waals surface area contributed by atoms with Crippen LogP contribution in [-0.4, -0.2) is 0 Å². The lowest BCUT2D eigenvalue weighted by Gasteiger charge is -2.18. The van der Waals surface area contributed by atoms with Crippen LogP contribution in [0.4, 0.5) is 0 Å². The molecular weight excluding hydrogens is 270 g/mol. The molecule has 0 amide bonds. The number of nitrogens with one attached hydrogen (secondary N) is 1. The van der Waals surface area contributed by atoms with Crippen LogP contribution in [0.1, 0.15) is 59.0 Å². The lowest BCUT2D eigenvalue weighted by molar-refractivity contribution is 0.505. The molecule has 3 rings (SSSR count). The molecule has 1 aliphatic rings. The Kier molecular flexibility index (Phi) is 4.06. The predicted octanol–water partition coefficient (Wildman–Crippen LogP) is 5.10. The molecule has 2 atom stereocenters. The van der Waals surface area contributed by atoms with Crippen molar-refractivity contribution in [3.63, 3.8) is 0 Å². The van der Waals surface area contributed by atoms with E-state index in [1.807, 2.05) is 22.7 Å². The van der Waals surface area contributed by atoms with Crippen LogP contribution in [-0.2, 0) is 12.8 Å². The third-order valence-corrected chi connectivity index (χ3v) is 6.39. The summed E-state index contributed by atoms with van der Waals surface area (Å²) in [7, 11) is 0. The van der Waals surface area contributed by atoms with Crippen molar-refractivity contribution in [2.45, 2.75) is 51.6 Å². The van der Waals surface area contributed by atoms with E-state index in [9.17, 15) is 0 Å². The van der Waals surface area contributed by atoms with Gasteiger partial charge in [-0.05, 0) is 62.6 Å². The molecule has 3 heteroatoms. The quantitative estimate of drug-likeness (QED) is 0.826. The Labute approximate surface area is 123 Å². The molecule has 0 aromatic carbocycles. The second-order valence-corrected chi connectivity index (χ2v) is 7.58. The second kappa shape index (κ2) is 5.78. The molecule has 1 N–H and O–H groups in total. The zero-order valence-electron chi connectivity index (χ0n) is 11.6. The number of hydrogen-bond acceptors (Lipinski definition) is 3. The van der Waals surface area contributed by atoms with Crippen molar-refractivity contribution in [3.8, 4) is 0 Å². The maximum absolute atomic E-state index is 3.73. The van der Waals surface area contributed by atoms with E-state index in [0.29, 0.717) is 12.1 Å². The Morgan fingerprint density at radius 2 is 1.89 bits per heavy atom. The molecule has 102 valence electrons. The van der Waals surface area contributed by atoms with Crippen LogP contribution in [0, 0.1) is 0 Å². The van der Waals surface area contributed by atoms with Gasteiger partial charge in [0.1, 0.15) is 0 Å². The summed E-state index contributed by atoms with van der Waals surface area (Å²) >= 11 is 3.86. The minimum Gasteiger partial charge on any atom is -0.302 e. The van der Waals surface area contributed by atoms with Gasteiger partial charge < -0.3 is 5.32 Å². The number of fused-ring (bicyclic) bond motifs is 1. The molecule has 0 aliphatic heterocycles. The first kappa shape index (κ1) is 13.3. The van der Waals surface area contributed by atoms with E-state index < -0.39 is 0 Å². The maximum Gasteiger partial charge on any atom is 0.0391 e. The fourth-order valence-electron chi connectivity index (χ4n) is 2.80. The van der Waals surface area contributed by atoms with Crippen LogP contribution >= 0.6 is 22.7 Å². The van der Waals surface area contributed by atoms with Gasteiger partial charge in [-0.15, -0.1) is 22.7 Å². The molecule has 0 fully saturated rings. The third-order valence-electron chi connectivity index (χ3n) is 3.91. The fraction of sp³-hybridized carbons (Fsp3) is 0.500. The number of hydrogen-bond donors (Lipinski definition) is 1. The summed E-state index contributed by atoms with van der Waals surface area (Å²) in [6, 6.07) is 7.68. The molecule has 19 heavy (non-hydrogen) atoms. The average Bonchev–Trinajstić information content (AvgIpc) is 3.07. The summed E-state index contributed by atoms with van der Waals surface area (Å²) in [5.74, 6) is 0. The molecule has 0 saturated heterocycles. The highest BCUT2D eigenvalue weighted by Gasteiger charge is 2.18. The number of aryl methyl sites for hydroxylation is 2. The smallest absolute Gasteiger partial charge is 0.0391 e. The van der Waals surface area contributed by atoms with Crippen LogP contribution in [0.3, 0.4) is 0 Å². The lowest BCUT2D eigenvalue weighted by Crippen LogP contribution is -2.21. The van der Waals surface area contributed by atoms with Crippen LogP contribution in [0.2, 0.25) is 0 Å². The Morgan fingerprint density at radius 1 is 1.11 bits per heavy atom. The molecule has 1 unspecified atom stereocenters. The number of rotatable bonds is 4. The normalized spacial score (nSPS) is 18.0. The van der Waals surface area contributed by atoms with Crippen molar-refractivity contribution in [1.82, 2.24) is 5.32 Å². The third kappa shape index (κ3) is 2.93. The van der Waals surface area contributed by atoms with Crippen LogP contribution in [0.15, 0.2) is 23.6 Å². The highest BCUT2D eigenvalue weighted by atomic mass is 32.1. The number of thiophene rings is 2. The Balaban J connectivity index is 1.70. The van der Waals surface area contributed by atoms with E-state index in [0.717, 1.165) is 0 Å². The zero-order chi connectivity index (χ0) is 13.2. The van der Waals surface area contributed by atoms with Gasteiger partial charge in [0.25, 0.3) is 0 Å². The monoisotopic (exact) mass is 291 g/mol. The SMILES string of the molecule is CC(N[C@@H](C)c1cccs1)c1cc2c(s1)CCCC2. The summed E-state index contributed by atoms with van der Waals surface area (Å²) < 4.78 is 0. The highest BCUT2D eigenvalue weighted by molar-refractivity contribution is 7.12. The molecule has 1 aliphatic carbocycles. The van der Waals surface area contributed by atoms with Gasteiger partial charge in [0.2, 0.25) is 0 Å². The first-order valence-corrected chi connectivity index (χ1v) is 8.84. The predicted molar refractivity (Wildman–Crippen MR) is 85.2 cm³/mol. The summed E-state index contributed by atoms with van der Waals surface area (Å²) in [6.07, 6.45) is 5.34. The van der Waals surface area contributed by atoms with Crippen molar-refractivity contribution in [2.75, 3.05) is 0 Å². The Hall–Kier alpha value is -0.640. The minimum atomic E-state index is 0.439. The van der Waals surface area contributed by atoms with Gasteiger partial charge in [0.15, 0.2) is 0 Å². The van der Waals surface area contributed by atoms with Crippen molar-refractivity contribution in [3.05, 3.63) is 43.8 Å². The van der Waals surface area contributed by atoms with E-state index in [1.54, 1.807) is 10.4 Å².